The number of benzene rings is 2. The first kappa shape index (κ1) is 18.5. The summed E-state index contributed by atoms with van der Waals surface area (Å²) in [5.41, 5.74) is 3.05. The molecule has 138 valence electrons. The molecule has 0 spiro atoms. The smallest absolute Gasteiger partial charge is 0.228 e. The molecule has 0 aromatic heterocycles. The highest BCUT2D eigenvalue weighted by Gasteiger charge is 2.26. The summed E-state index contributed by atoms with van der Waals surface area (Å²) in [6.07, 6.45) is 2.06. The summed E-state index contributed by atoms with van der Waals surface area (Å²) >= 11 is 0. The molecule has 1 heterocycles. The molecule has 0 unspecified atom stereocenters. The Morgan fingerprint density at radius 1 is 1.15 bits per heavy atom. The van der Waals surface area contributed by atoms with Gasteiger partial charge in [-0.3, -0.25) is 4.79 Å². The standard InChI is InChI=1S/C22H28N2O2/c1-16(2)24-13-5-7-19(15-24)22(25)23-20-11-9-17(10-12-20)18-6-4-8-21(14-18)26-3/h4,6,8-12,14,16,19H,5,7,13,15H2,1-3H3,(H,23,25)/t19-/m0/s1. The first-order valence-electron chi connectivity index (χ1n) is 9.36. The highest BCUT2D eigenvalue weighted by molar-refractivity contribution is 5.93. The van der Waals surface area contributed by atoms with Gasteiger partial charge in [0.25, 0.3) is 0 Å². The Labute approximate surface area is 156 Å². The number of likely N-dealkylation sites (tertiary alicyclic amines) is 1. The van der Waals surface area contributed by atoms with Gasteiger partial charge in [-0.25, -0.2) is 0 Å². The number of carbonyl (C=O) groups excluding carboxylic acids is 1. The van der Waals surface area contributed by atoms with Crippen LogP contribution in [0.15, 0.2) is 48.5 Å². The molecule has 4 nitrogen and oxygen atoms in total. The number of hydrogen-bond donors (Lipinski definition) is 1. The van der Waals surface area contributed by atoms with E-state index in [9.17, 15) is 4.79 Å². The van der Waals surface area contributed by atoms with Crippen molar-refractivity contribution < 1.29 is 9.53 Å². The number of nitrogens with zero attached hydrogens (tertiary/aromatic N) is 1. The van der Waals surface area contributed by atoms with E-state index in [1.807, 2.05) is 42.5 Å². The fourth-order valence-electron chi connectivity index (χ4n) is 3.48. The Morgan fingerprint density at radius 2 is 1.92 bits per heavy atom. The predicted molar refractivity (Wildman–Crippen MR) is 106 cm³/mol. The summed E-state index contributed by atoms with van der Waals surface area (Å²) in [5.74, 6) is 1.04. The van der Waals surface area contributed by atoms with Crippen LogP contribution in [0.3, 0.4) is 0 Å². The quantitative estimate of drug-likeness (QED) is 0.866. The topological polar surface area (TPSA) is 41.6 Å². The predicted octanol–water partition coefficient (Wildman–Crippen LogP) is 4.42. The van der Waals surface area contributed by atoms with Gasteiger partial charge in [0, 0.05) is 18.3 Å². The maximum absolute atomic E-state index is 12.6. The summed E-state index contributed by atoms with van der Waals surface area (Å²) < 4.78 is 5.28. The number of ether oxygens (including phenoxy) is 1. The fraction of sp³-hybridized carbons (Fsp3) is 0.409. The summed E-state index contributed by atoms with van der Waals surface area (Å²) in [5, 5.41) is 3.08. The second-order valence-corrected chi connectivity index (χ2v) is 7.23. The van der Waals surface area contributed by atoms with Crippen LogP contribution in [0.25, 0.3) is 11.1 Å². The molecule has 0 bridgehead atoms. The van der Waals surface area contributed by atoms with Gasteiger partial charge in [0.05, 0.1) is 13.0 Å². The monoisotopic (exact) mass is 352 g/mol. The third-order valence-corrected chi connectivity index (χ3v) is 5.11. The summed E-state index contributed by atoms with van der Waals surface area (Å²) in [7, 11) is 1.67. The maximum atomic E-state index is 12.6. The first-order valence-corrected chi connectivity index (χ1v) is 9.36. The molecular weight excluding hydrogens is 324 g/mol. The van der Waals surface area contributed by atoms with Gasteiger partial charge in [-0.2, -0.15) is 0 Å². The van der Waals surface area contributed by atoms with E-state index in [1.165, 1.54) is 0 Å². The Kier molecular flexibility index (Phi) is 5.94. The maximum Gasteiger partial charge on any atom is 0.228 e. The molecule has 0 radical (unpaired) electrons. The third-order valence-electron chi connectivity index (χ3n) is 5.11. The van der Waals surface area contributed by atoms with Crippen LogP contribution in [0, 0.1) is 5.92 Å². The molecule has 1 amide bonds. The van der Waals surface area contributed by atoms with Crippen molar-refractivity contribution in [2.75, 3.05) is 25.5 Å². The van der Waals surface area contributed by atoms with Crippen molar-refractivity contribution in [3.05, 3.63) is 48.5 Å². The summed E-state index contributed by atoms with van der Waals surface area (Å²) in [6.45, 7) is 6.33. The van der Waals surface area contributed by atoms with Crippen LogP contribution in [-0.2, 0) is 4.79 Å². The van der Waals surface area contributed by atoms with E-state index >= 15 is 0 Å². The van der Waals surface area contributed by atoms with Crippen LogP contribution >= 0.6 is 0 Å². The first-order chi connectivity index (χ1) is 12.6. The average Bonchev–Trinajstić information content (AvgIpc) is 2.68. The molecule has 2 aromatic carbocycles. The van der Waals surface area contributed by atoms with E-state index in [0.29, 0.717) is 6.04 Å². The molecule has 0 saturated carbocycles. The van der Waals surface area contributed by atoms with Crippen LogP contribution in [0.1, 0.15) is 26.7 Å². The van der Waals surface area contributed by atoms with Crippen LogP contribution in [0.4, 0.5) is 5.69 Å². The highest BCUT2D eigenvalue weighted by atomic mass is 16.5. The zero-order valence-corrected chi connectivity index (χ0v) is 15.9. The van der Waals surface area contributed by atoms with Gasteiger partial charge in [-0.05, 0) is 68.6 Å². The lowest BCUT2D eigenvalue weighted by Gasteiger charge is -2.34. The molecule has 0 aliphatic carbocycles. The van der Waals surface area contributed by atoms with Crippen LogP contribution in [0.5, 0.6) is 5.75 Å². The molecule has 3 rings (SSSR count). The molecule has 26 heavy (non-hydrogen) atoms. The lowest BCUT2D eigenvalue weighted by atomic mass is 9.96. The Balaban J connectivity index is 1.64. The van der Waals surface area contributed by atoms with Gasteiger partial charge < -0.3 is 15.0 Å². The zero-order chi connectivity index (χ0) is 18.5. The SMILES string of the molecule is COc1cccc(-c2ccc(NC(=O)[C@H]3CCCN(C(C)C)C3)cc2)c1. The minimum atomic E-state index is 0.0733. The largest absolute Gasteiger partial charge is 0.497 e. The van der Waals surface area contributed by atoms with Crippen molar-refractivity contribution in [1.82, 2.24) is 4.90 Å². The van der Waals surface area contributed by atoms with E-state index in [4.69, 9.17) is 4.74 Å². The number of methoxy groups -OCH3 is 1. The number of anilines is 1. The van der Waals surface area contributed by atoms with Crippen molar-refractivity contribution in [3.63, 3.8) is 0 Å². The van der Waals surface area contributed by atoms with Crippen LogP contribution in [-0.4, -0.2) is 37.0 Å². The molecule has 1 N–H and O–H groups in total. The lowest BCUT2D eigenvalue weighted by Crippen LogP contribution is -2.43. The zero-order valence-electron chi connectivity index (χ0n) is 15.9. The van der Waals surface area contributed by atoms with E-state index in [1.54, 1.807) is 7.11 Å². The Morgan fingerprint density at radius 3 is 2.62 bits per heavy atom. The number of rotatable bonds is 5. The molecule has 1 saturated heterocycles. The number of hydrogen-bond acceptors (Lipinski definition) is 3. The Bertz CT molecular complexity index is 740. The minimum Gasteiger partial charge on any atom is -0.497 e. The van der Waals surface area contributed by atoms with Gasteiger partial charge in [0.15, 0.2) is 0 Å². The van der Waals surface area contributed by atoms with Crippen LogP contribution in [0.2, 0.25) is 0 Å². The molecule has 1 fully saturated rings. The Hall–Kier alpha value is -2.33. The lowest BCUT2D eigenvalue weighted by molar-refractivity contribution is -0.121. The van der Waals surface area contributed by atoms with E-state index < -0.39 is 0 Å². The normalized spacial score (nSPS) is 17.9. The van der Waals surface area contributed by atoms with E-state index in [-0.39, 0.29) is 11.8 Å². The van der Waals surface area contributed by atoms with Gasteiger partial charge in [0.2, 0.25) is 5.91 Å². The number of amides is 1. The third kappa shape index (κ3) is 4.44. The number of carbonyl (C=O) groups is 1. The second kappa shape index (κ2) is 8.37. The van der Waals surface area contributed by atoms with Gasteiger partial charge >= 0.3 is 0 Å². The van der Waals surface area contributed by atoms with E-state index in [2.05, 4.69) is 30.1 Å². The van der Waals surface area contributed by atoms with Crippen molar-refractivity contribution in [2.45, 2.75) is 32.7 Å². The summed E-state index contributed by atoms with van der Waals surface area (Å²) in [6, 6.07) is 16.5. The molecular formula is C22H28N2O2. The van der Waals surface area contributed by atoms with Crippen molar-refractivity contribution >= 4 is 11.6 Å². The minimum absolute atomic E-state index is 0.0733. The average molecular weight is 352 g/mol. The molecule has 2 aromatic rings. The van der Waals surface area contributed by atoms with Crippen molar-refractivity contribution in [3.8, 4) is 16.9 Å². The van der Waals surface area contributed by atoms with Gasteiger partial charge in [-0.15, -0.1) is 0 Å². The number of piperidine rings is 1. The molecule has 1 aliphatic rings. The molecule has 1 aliphatic heterocycles. The van der Waals surface area contributed by atoms with Crippen molar-refractivity contribution in [1.29, 1.82) is 0 Å². The number of nitrogens with one attached hydrogen (secondary N) is 1. The van der Waals surface area contributed by atoms with Gasteiger partial charge in [-0.1, -0.05) is 24.3 Å². The highest BCUT2D eigenvalue weighted by Crippen LogP contribution is 2.26. The van der Waals surface area contributed by atoms with E-state index in [0.717, 1.165) is 48.5 Å². The summed E-state index contributed by atoms with van der Waals surface area (Å²) in [4.78, 5) is 15.0. The van der Waals surface area contributed by atoms with Gasteiger partial charge in [0.1, 0.15) is 5.75 Å². The fourth-order valence-corrected chi connectivity index (χ4v) is 3.48. The van der Waals surface area contributed by atoms with Crippen molar-refractivity contribution in [2.24, 2.45) is 5.92 Å². The molecule has 4 heteroatoms. The second-order valence-electron chi connectivity index (χ2n) is 7.23. The van der Waals surface area contributed by atoms with Crippen LogP contribution < -0.4 is 10.1 Å². The molecule has 1 atom stereocenters.